The number of hydrogen-bond donors (Lipinski definition) is 1. The summed E-state index contributed by atoms with van der Waals surface area (Å²) in [6, 6.07) is 23.0. The van der Waals surface area contributed by atoms with Crippen LogP contribution in [0.2, 0.25) is 0 Å². The first kappa shape index (κ1) is 22.7. The standard InChI is InChI=1S/C26H26N2O4S/c1-19-11-13-20(14-12-19)28-24-18-21(32-17-7-3-6-10-25(29)30)15-16-23(24)27-26(28)33(31)22-8-4-2-5-9-22/h2,4-5,8-9,11-16,18H,3,6-7,10,17H2,1H3,(H,29,30). The zero-order valence-corrected chi connectivity index (χ0v) is 19.3. The van der Waals surface area contributed by atoms with Crippen molar-refractivity contribution in [1.29, 1.82) is 0 Å². The Labute approximate surface area is 195 Å². The van der Waals surface area contributed by atoms with Gasteiger partial charge in [-0.25, -0.2) is 9.19 Å². The Morgan fingerprint density at radius 3 is 2.48 bits per heavy atom. The van der Waals surface area contributed by atoms with Gasteiger partial charge in [-0.15, -0.1) is 0 Å². The topological polar surface area (TPSA) is 81.4 Å². The van der Waals surface area contributed by atoms with E-state index in [1.807, 2.05) is 84.3 Å². The van der Waals surface area contributed by atoms with Crippen LogP contribution in [0.25, 0.3) is 16.7 Å². The molecule has 4 aromatic rings. The number of ether oxygens (including phenoxy) is 1. The molecule has 0 amide bonds. The largest absolute Gasteiger partial charge is 0.494 e. The normalized spacial score (nSPS) is 12.0. The average Bonchev–Trinajstić information content (AvgIpc) is 3.20. The van der Waals surface area contributed by atoms with E-state index in [1.165, 1.54) is 0 Å². The maximum atomic E-state index is 13.4. The molecule has 0 fully saturated rings. The van der Waals surface area contributed by atoms with Crippen LogP contribution in [0.15, 0.2) is 82.8 Å². The molecule has 1 atom stereocenters. The van der Waals surface area contributed by atoms with Crippen molar-refractivity contribution in [3.8, 4) is 11.4 Å². The molecule has 1 unspecified atom stereocenters. The van der Waals surface area contributed by atoms with Crippen LogP contribution in [0.5, 0.6) is 5.75 Å². The van der Waals surface area contributed by atoms with E-state index in [9.17, 15) is 9.00 Å². The van der Waals surface area contributed by atoms with Gasteiger partial charge in [-0.1, -0.05) is 35.9 Å². The van der Waals surface area contributed by atoms with Crippen molar-refractivity contribution < 1.29 is 18.8 Å². The fraction of sp³-hybridized carbons (Fsp3) is 0.231. The number of aromatic nitrogens is 2. The summed E-state index contributed by atoms with van der Waals surface area (Å²) < 4.78 is 21.3. The molecule has 6 nitrogen and oxygen atoms in total. The highest BCUT2D eigenvalue weighted by molar-refractivity contribution is 7.85. The molecule has 33 heavy (non-hydrogen) atoms. The van der Waals surface area contributed by atoms with E-state index < -0.39 is 16.8 Å². The van der Waals surface area contributed by atoms with Gasteiger partial charge < -0.3 is 9.84 Å². The number of aryl methyl sites for hydroxylation is 1. The van der Waals surface area contributed by atoms with Gasteiger partial charge in [-0.3, -0.25) is 9.36 Å². The fourth-order valence-corrected chi connectivity index (χ4v) is 4.75. The second-order valence-electron chi connectivity index (χ2n) is 7.85. The van der Waals surface area contributed by atoms with E-state index in [2.05, 4.69) is 0 Å². The van der Waals surface area contributed by atoms with Gasteiger partial charge in [0.15, 0.2) is 0 Å². The quantitative estimate of drug-likeness (QED) is 0.314. The number of carbonyl (C=O) groups is 1. The van der Waals surface area contributed by atoms with Gasteiger partial charge in [0, 0.05) is 23.1 Å². The highest BCUT2D eigenvalue weighted by atomic mass is 32.2. The molecule has 3 aromatic carbocycles. The number of nitrogens with zero attached hydrogens (tertiary/aromatic N) is 2. The Morgan fingerprint density at radius 1 is 1.00 bits per heavy atom. The Kier molecular flexibility index (Phi) is 7.19. The van der Waals surface area contributed by atoms with Crippen LogP contribution in [-0.4, -0.2) is 31.4 Å². The first-order chi connectivity index (χ1) is 16.0. The second kappa shape index (κ2) is 10.4. The Balaban J connectivity index is 1.65. The predicted molar refractivity (Wildman–Crippen MR) is 129 cm³/mol. The minimum absolute atomic E-state index is 0.184. The maximum Gasteiger partial charge on any atom is 0.303 e. The minimum Gasteiger partial charge on any atom is -0.494 e. The third-order valence-electron chi connectivity index (χ3n) is 5.31. The third kappa shape index (κ3) is 5.49. The predicted octanol–water partition coefficient (Wildman–Crippen LogP) is 5.52. The van der Waals surface area contributed by atoms with Crippen molar-refractivity contribution in [2.45, 2.75) is 42.7 Å². The molecule has 1 heterocycles. The zero-order chi connectivity index (χ0) is 23.2. The van der Waals surface area contributed by atoms with Gasteiger partial charge in [0.1, 0.15) is 16.5 Å². The number of benzene rings is 3. The lowest BCUT2D eigenvalue weighted by Gasteiger charge is -2.11. The second-order valence-corrected chi connectivity index (χ2v) is 9.22. The van der Waals surface area contributed by atoms with E-state index in [-0.39, 0.29) is 6.42 Å². The van der Waals surface area contributed by atoms with Gasteiger partial charge >= 0.3 is 5.97 Å². The Hall–Kier alpha value is -3.45. The Morgan fingerprint density at radius 2 is 1.76 bits per heavy atom. The lowest BCUT2D eigenvalue weighted by atomic mass is 10.2. The van der Waals surface area contributed by atoms with Crippen LogP contribution in [0.3, 0.4) is 0 Å². The number of hydrogen-bond acceptors (Lipinski definition) is 4. The van der Waals surface area contributed by atoms with Crippen molar-refractivity contribution >= 4 is 27.8 Å². The molecule has 0 aliphatic heterocycles. The third-order valence-corrected chi connectivity index (χ3v) is 6.62. The first-order valence-electron chi connectivity index (χ1n) is 10.9. The van der Waals surface area contributed by atoms with E-state index in [1.54, 1.807) is 0 Å². The molecule has 0 saturated heterocycles. The summed E-state index contributed by atoms with van der Waals surface area (Å²) in [6.45, 7) is 2.54. The van der Waals surface area contributed by atoms with Crippen molar-refractivity contribution in [3.63, 3.8) is 0 Å². The van der Waals surface area contributed by atoms with E-state index in [0.717, 1.165) is 35.1 Å². The van der Waals surface area contributed by atoms with E-state index in [4.69, 9.17) is 14.8 Å². The molecule has 4 rings (SSSR count). The van der Waals surface area contributed by atoms with Crippen LogP contribution in [0.1, 0.15) is 31.2 Å². The summed E-state index contributed by atoms with van der Waals surface area (Å²) in [5.74, 6) is -0.0690. The van der Waals surface area contributed by atoms with Gasteiger partial charge in [0.25, 0.3) is 0 Å². The van der Waals surface area contributed by atoms with E-state index >= 15 is 0 Å². The van der Waals surface area contributed by atoms with Crippen molar-refractivity contribution in [3.05, 3.63) is 78.4 Å². The number of rotatable bonds is 10. The lowest BCUT2D eigenvalue weighted by molar-refractivity contribution is -0.137. The van der Waals surface area contributed by atoms with E-state index in [0.29, 0.717) is 28.8 Å². The molecule has 0 aliphatic rings. The molecular formula is C26H26N2O4S. The zero-order valence-electron chi connectivity index (χ0n) is 18.4. The van der Waals surface area contributed by atoms with Gasteiger partial charge in [-0.2, -0.15) is 0 Å². The fourth-order valence-electron chi connectivity index (χ4n) is 3.59. The van der Waals surface area contributed by atoms with Crippen LogP contribution >= 0.6 is 0 Å². The molecule has 0 aliphatic carbocycles. The smallest absolute Gasteiger partial charge is 0.303 e. The molecule has 1 aromatic heterocycles. The molecule has 7 heteroatoms. The SMILES string of the molecule is Cc1ccc(-n2c(S(=O)c3ccccc3)nc3ccc(OCCCCCC(=O)O)cc32)cc1. The lowest BCUT2D eigenvalue weighted by Crippen LogP contribution is -2.04. The number of fused-ring (bicyclic) bond motifs is 1. The summed E-state index contributed by atoms with van der Waals surface area (Å²) in [6.07, 6.45) is 2.41. The van der Waals surface area contributed by atoms with Crippen LogP contribution in [-0.2, 0) is 15.6 Å². The summed E-state index contributed by atoms with van der Waals surface area (Å²) in [7, 11) is -1.45. The molecule has 0 radical (unpaired) electrons. The van der Waals surface area contributed by atoms with Crippen molar-refractivity contribution in [2.24, 2.45) is 0 Å². The van der Waals surface area contributed by atoms with Crippen molar-refractivity contribution in [2.75, 3.05) is 6.61 Å². The van der Waals surface area contributed by atoms with Gasteiger partial charge in [-0.05, 0) is 62.6 Å². The molecular weight excluding hydrogens is 436 g/mol. The molecule has 0 bridgehead atoms. The molecule has 0 saturated carbocycles. The number of carboxylic acid groups (broad SMARTS) is 1. The van der Waals surface area contributed by atoms with Crippen LogP contribution in [0, 0.1) is 6.92 Å². The number of aliphatic carboxylic acids is 1. The highest BCUT2D eigenvalue weighted by Gasteiger charge is 2.20. The number of carboxylic acids is 1. The minimum atomic E-state index is -1.45. The van der Waals surface area contributed by atoms with Crippen LogP contribution in [0.4, 0.5) is 0 Å². The van der Waals surface area contributed by atoms with Crippen molar-refractivity contribution in [1.82, 2.24) is 9.55 Å². The first-order valence-corrected chi connectivity index (χ1v) is 12.1. The molecule has 0 spiro atoms. The number of imidazole rings is 1. The monoisotopic (exact) mass is 462 g/mol. The van der Waals surface area contributed by atoms with Gasteiger partial charge in [0.2, 0.25) is 5.16 Å². The summed E-state index contributed by atoms with van der Waals surface area (Å²) in [5.41, 5.74) is 3.58. The average molecular weight is 463 g/mol. The Bertz CT molecular complexity index is 1270. The summed E-state index contributed by atoms with van der Waals surface area (Å²) in [4.78, 5) is 16.0. The summed E-state index contributed by atoms with van der Waals surface area (Å²) >= 11 is 0. The van der Waals surface area contributed by atoms with Gasteiger partial charge in [0.05, 0.1) is 17.6 Å². The van der Waals surface area contributed by atoms with Crippen LogP contribution < -0.4 is 4.74 Å². The molecule has 1 N–H and O–H groups in total. The maximum absolute atomic E-state index is 13.4. The highest BCUT2D eigenvalue weighted by Crippen LogP contribution is 2.29. The molecule has 170 valence electrons. The number of unbranched alkanes of at least 4 members (excludes halogenated alkanes) is 2. The summed E-state index contributed by atoms with van der Waals surface area (Å²) in [5, 5.41) is 9.20.